The van der Waals surface area contributed by atoms with Gasteiger partial charge in [0.1, 0.15) is 0 Å². The third-order valence-electron chi connectivity index (χ3n) is 4.08. The molecule has 4 nitrogen and oxygen atoms in total. The fourth-order valence-corrected chi connectivity index (χ4v) is 2.56. The molecule has 0 aromatic heterocycles. The molecule has 1 rings (SSSR count). The quantitative estimate of drug-likeness (QED) is 0.346. The first-order valence-electron chi connectivity index (χ1n) is 9.64. The van der Waals surface area contributed by atoms with Crippen molar-refractivity contribution >= 4 is 11.9 Å². The van der Waals surface area contributed by atoms with Crippen molar-refractivity contribution in [2.24, 2.45) is 0 Å². The van der Waals surface area contributed by atoms with E-state index in [4.69, 9.17) is 9.47 Å². The summed E-state index contributed by atoms with van der Waals surface area (Å²) in [4.78, 5) is 24.4. The topological polar surface area (TPSA) is 52.6 Å². The van der Waals surface area contributed by atoms with Crippen LogP contribution in [0.2, 0.25) is 0 Å². The van der Waals surface area contributed by atoms with Crippen molar-refractivity contribution in [1.29, 1.82) is 0 Å². The summed E-state index contributed by atoms with van der Waals surface area (Å²) in [5.74, 6) is -0.905. The van der Waals surface area contributed by atoms with Crippen molar-refractivity contribution in [3.05, 3.63) is 35.4 Å². The highest BCUT2D eigenvalue weighted by Crippen LogP contribution is 2.13. The number of unbranched alkanes of at least 4 members (excludes halogenated alkanes) is 7. The first-order chi connectivity index (χ1) is 12.2. The standard InChI is InChI=1S/C21H32O4/c1-3-5-7-8-9-13-17-25-21(23)19-15-11-10-14-18(19)20(22)24-16-12-6-4-2/h10-11,14-15H,3-9,12-13,16-17H2,1-2H3. The van der Waals surface area contributed by atoms with Crippen LogP contribution in [0, 0.1) is 0 Å². The number of rotatable bonds is 13. The molecule has 0 fully saturated rings. The molecular formula is C21H32O4. The average molecular weight is 348 g/mol. The minimum absolute atomic E-state index is 0.284. The Kier molecular flexibility index (Phi) is 11.4. The molecule has 1 aromatic carbocycles. The van der Waals surface area contributed by atoms with E-state index in [0.717, 1.165) is 32.1 Å². The van der Waals surface area contributed by atoms with E-state index in [2.05, 4.69) is 13.8 Å². The second-order valence-electron chi connectivity index (χ2n) is 6.29. The molecule has 0 saturated heterocycles. The number of esters is 2. The zero-order valence-electron chi connectivity index (χ0n) is 15.7. The predicted molar refractivity (Wildman–Crippen MR) is 99.9 cm³/mol. The molecule has 1 aromatic rings. The number of benzene rings is 1. The SMILES string of the molecule is CCCCCCCCOC(=O)c1ccccc1C(=O)OCCCCC. The van der Waals surface area contributed by atoms with Crippen molar-refractivity contribution in [3.63, 3.8) is 0 Å². The second-order valence-corrected chi connectivity index (χ2v) is 6.29. The lowest BCUT2D eigenvalue weighted by molar-refractivity contribution is 0.0450. The lowest BCUT2D eigenvalue weighted by atomic mass is 10.1. The molecule has 0 heterocycles. The molecule has 4 heteroatoms. The number of hydrogen-bond acceptors (Lipinski definition) is 4. The highest BCUT2D eigenvalue weighted by Gasteiger charge is 2.18. The van der Waals surface area contributed by atoms with E-state index in [9.17, 15) is 9.59 Å². The van der Waals surface area contributed by atoms with Crippen LogP contribution in [-0.2, 0) is 9.47 Å². The summed E-state index contributed by atoms with van der Waals surface area (Å²) in [5.41, 5.74) is 0.570. The minimum atomic E-state index is -0.455. The Labute approximate surface area is 151 Å². The maximum atomic E-state index is 12.3. The minimum Gasteiger partial charge on any atom is -0.462 e. The summed E-state index contributed by atoms with van der Waals surface area (Å²) in [7, 11) is 0. The molecule has 0 bridgehead atoms. The largest absolute Gasteiger partial charge is 0.462 e. The van der Waals surface area contributed by atoms with Gasteiger partial charge in [0.2, 0.25) is 0 Å². The molecule has 0 atom stereocenters. The molecule has 0 N–H and O–H groups in total. The molecule has 0 aliphatic rings. The van der Waals surface area contributed by atoms with Crippen molar-refractivity contribution < 1.29 is 19.1 Å². The highest BCUT2D eigenvalue weighted by atomic mass is 16.5. The Morgan fingerprint density at radius 3 is 1.60 bits per heavy atom. The second kappa shape index (κ2) is 13.5. The monoisotopic (exact) mass is 348 g/mol. The summed E-state index contributed by atoms with van der Waals surface area (Å²) in [5, 5.41) is 0. The molecule has 140 valence electrons. The van der Waals surface area contributed by atoms with Crippen LogP contribution < -0.4 is 0 Å². The third-order valence-corrected chi connectivity index (χ3v) is 4.08. The van der Waals surface area contributed by atoms with Gasteiger partial charge in [-0.1, -0.05) is 70.9 Å². The van der Waals surface area contributed by atoms with Gasteiger partial charge in [-0.15, -0.1) is 0 Å². The van der Waals surface area contributed by atoms with Gasteiger partial charge in [0.05, 0.1) is 24.3 Å². The van der Waals surface area contributed by atoms with Gasteiger partial charge in [-0.25, -0.2) is 9.59 Å². The van der Waals surface area contributed by atoms with Crippen LogP contribution >= 0.6 is 0 Å². The average Bonchev–Trinajstić information content (AvgIpc) is 2.64. The van der Waals surface area contributed by atoms with Crippen LogP contribution in [0.1, 0.15) is 92.4 Å². The van der Waals surface area contributed by atoms with Crippen LogP contribution in [0.4, 0.5) is 0 Å². The van der Waals surface area contributed by atoms with Crippen molar-refractivity contribution in [2.45, 2.75) is 71.6 Å². The molecule has 0 radical (unpaired) electrons. The molecule has 0 aliphatic carbocycles. The van der Waals surface area contributed by atoms with Crippen molar-refractivity contribution in [1.82, 2.24) is 0 Å². The summed E-state index contributed by atoms with van der Waals surface area (Å²) in [6, 6.07) is 6.69. The molecular weight excluding hydrogens is 316 g/mol. The Bertz CT molecular complexity index is 510. The smallest absolute Gasteiger partial charge is 0.339 e. The summed E-state index contributed by atoms with van der Waals surface area (Å²) >= 11 is 0. The van der Waals surface area contributed by atoms with E-state index < -0.39 is 11.9 Å². The van der Waals surface area contributed by atoms with Crippen LogP contribution in [0.5, 0.6) is 0 Å². The Morgan fingerprint density at radius 1 is 0.680 bits per heavy atom. The molecule has 0 spiro atoms. The zero-order valence-corrected chi connectivity index (χ0v) is 15.7. The van der Waals surface area contributed by atoms with Gasteiger partial charge in [-0.3, -0.25) is 0 Å². The predicted octanol–water partition coefficient (Wildman–Crippen LogP) is 5.55. The van der Waals surface area contributed by atoms with Gasteiger partial charge in [0, 0.05) is 0 Å². The number of carbonyl (C=O) groups excluding carboxylic acids is 2. The highest BCUT2D eigenvalue weighted by molar-refractivity contribution is 6.03. The lowest BCUT2D eigenvalue weighted by Gasteiger charge is -2.10. The molecule has 0 amide bonds. The summed E-state index contributed by atoms with van der Waals surface area (Å²) < 4.78 is 10.6. The van der Waals surface area contributed by atoms with E-state index in [1.54, 1.807) is 24.3 Å². The summed E-state index contributed by atoms with van der Waals surface area (Å²) in [6.45, 7) is 5.06. The van der Waals surface area contributed by atoms with Gasteiger partial charge in [0.25, 0.3) is 0 Å². The van der Waals surface area contributed by atoms with Gasteiger partial charge >= 0.3 is 11.9 Å². The molecule has 25 heavy (non-hydrogen) atoms. The molecule has 0 saturated carbocycles. The van der Waals surface area contributed by atoms with Gasteiger partial charge < -0.3 is 9.47 Å². The van der Waals surface area contributed by atoms with Crippen LogP contribution in [-0.4, -0.2) is 25.2 Å². The number of ether oxygens (including phenoxy) is 2. The number of hydrogen-bond donors (Lipinski definition) is 0. The van der Waals surface area contributed by atoms with Gasteiger partial charge in [0.15, 0.2) is 0 Å². The van der Waals surface area contributed by atoms with E-state index >= 15 is 0 Å². The van der Waals surface area contributed by atoms with E-state index in [0.29, 0.717) is 13.2 Å². The van der Waals surface area contributed by atoms with Crippen molar-refractivity contribution in [2.75, 3.05) is 13.2 Å². The van der Waals surface area contributed by atoms with Crippen LogP contribution in [0.25, 0.3) is 0 Å². The fraction of sp³-hybridized carbons (Fsp3) is 0.619. The molecule has 0 unspecified atom stereocenters. The number of carbonyl (C=O) groups is 2. The van der Waals surface area contributed by atoms with E-state index in [1.165, 1.54) is 25.7 Å². The fourth-order valence-electron chi connectivity index (χ4n) is 2.56. The first kappa shape index (κ1) is 21.2. The van der Waals surface area contributed by atoms with Gasteiger partial charge in [-0.2, -0.15) is 0 Å². The summed E-state index contributed by atoms with van der Waals surface area (Å²) in [6.07, 6.45) is 9.74. The zero-order chi connectivity index (χ0) is 18.3. The molecule has 0 aliphatic heterocycles. The maximum Gasteiger partial charge on any atom is 0.339 e. The van der Waals surface area contributed by atoms with E-state index in [1.807, 2.05) is 0 Å². The van der Waals surface area contributed by atoms with E-state index in [-0.39, 0.29) is 11.1 Å². The third kappa shape index (κ3) is 8.71. The maximum absolute atomic E-state index is 12.3. The Balaban J connectivity index is 2.43. The van der Waals surface area contributed by atoms with Crippen LogP contribution in [0.15, 0.2) is 24.3 Å². The normalized spacial score (nSPS) is 10.5. The van der Waals surface area contributed by atoms with Crippen LogP contribution in [0.3, 0.4) is 0 Å². The Morgan fingerprint density at radius 2 is 1.08 bits per heavy atom. The lowest BCUT2D eigenvalue weighted by Crippen LogP contribution is -2.15. The first-order valence-corrected chi connectivity index (χ1v) is 9.64. The van der Waals surface area contributed by atoms with Gasteiger partial charge in [-0.05, 0) is 25.0 Å². The Hall–Kier alpha value is -1.84. The van der Waals surface area contributed by atoms with Crippen molar-refractivity contribution in [3.8, 4) is 0 Å².